The molecule has 100 valence electrons. The van der Waals surface area contributed by atoms with Crippen LogP contribution in [0.2, 0.25) is 0 Å². The Morgan fingerprint density at radius 3 is 2.85 bits per heavy atom. The second kappa shape index (κ2) is 4.07. The van der Waals surface area contributed by atoms with E-state index in [0.29, 0.717) is 5.92 Å². The fourth-order valence-corrected chi connectivity index (χ4v) is 2.62. The number of hydrogen-bond acceptors (Lipinski definition) is 3. The van der Waals surface area contributed by atoms with Crippen LogP contribution in [-0.2, 0) is 0 Å². The molecule has 1 aliphatic rings. The molecule has 1 fully saturated rings. The molecule has 4 rings (SSSR count). The summed E-state index contributed by atoms with van der Waals surface area (Å²) in [6.07, 6.45) is 6.41. The summed E-state index contributed by atoms with van der Waals surface area (Å²) < 4.78 is 1.95. The third-order valence-electron chi connectivity index (χ3n) is 3.90. The number of hydrogen-bond donors (Lipinski definition) is 1. The molecule has 1 aliphatic carbocycles. The molecule has 4 heteroatoms. The number of anilines is 1. The molecule has 0 atom stereocenters. The molecule has 2 aromatic heterocycles. The first-order chi connectivity index (χ1) is 9.72. The van der Waals surface area contributed by atoms with Crippen molar-refractivity contribution in [3.8, 4) is 5.69 Å². The van der Waals surface area contributed by atoms with E-state index in [0.717, 1.165) is 27.8 Å². The predicted octanol–water partition coefficient (Wildman–Crippen LogP) is 3.19. The van der Waals surface area contributed by atoms with Crippen LogP contribution >= 0.6 is 0 Å². The van der Waals surface area contributed by atoms with Crippen molar-refractivity contribution in [1.82, 2.24) is 14.8 Å². The van der Waals surface area contributed by atoms with Crippen molar-refractivity contribution in [3.05, 3.63) is 48.0 Å². The minimum absolute atomic E-state index is 0.666. The fraction of sp³-hybridized carbons (Fsp3) is 0.250. The van der Waals surface area contributed by atoms with Gasteiger partial charge in [0.1, 0.15) is 0 Å². The van der Waals surface area contributed by atoms with E-state index in [1.807, 2.05) is 36.1 Å². The Balaban J connectivity index is 1.93. The van der Waals surface area contributed by atoms with Crippen LogP contribution in [0.4, 0.5) is 5.69 Å². The van der Waals surface area contributed by atoms with E-state index >= 15 is 0 Å². The van der Waals surface area contributed by atoms with Crippen LogP contribution in [0.3, 0.4) is 0 Å². The molecule has 0 saturated heterocycles. The number of benzene rings is 1. The average Bonchev–Trinajstić information content (AvgIpc) is 3.18. The number of rotatable bonds is 2. The van der Waals surface area contributed by atoms with Gasteiger partial charge >= 0.3 is 0 Å². The van der Waals surface area contributed by atoms with Gasteiger partial charge in [0.05, 0.1) is 11.4 Å². The van der Waals surface area contributed by atoms with Crippen molar-refractivity contribution in [2.45, 2.75) is 25.7 Å². The zero-order chi connectivity index (χ0) is 13.7. The van der Waals surface area contributed by atoms with Crippen molar-refractivity contribution in [2.24, 2.45) is 0 Å². The van der Waals surface area contributed by atoms with E-state index in [-0.39, 0.29) is 0 Å². The zero-order valence-electron chi connectivity index (χ0n) is 11.4. The average molecular weight is 264 g/mol. The van der Waals surface area contributed by atoms with Crippen molar-refractivity contribution in [1.29, 1.82) is 0 Å². The molecule has 2 heterocycles. The Hall–Kier alpha value is -2.36. The van der Waals surface area contributed by atoms with E-state index in [2.05, 4.69) is 17.1 Å². The van der Waals surface area contributed by atoms with Gasteiger partial charge in [-0.05, 0) is 44.0 Å². The monoisotopic (exact) mass is 264 g/mol. The molecular formula is C16H16N4. The van der Waals surface area contributed by atoms with E-state index in [4.69, 9.17) is 10.8 Å². The Bertz CT molecular complexity index is 799. The summed E-state index contributed by atoms with van der Waals surface area (Å²) in [7, 11) is 0. The Labute approximate surface area is 117 Å². The number of fused-ring (bicyclic) bond motifs is 1. The van der Waals surface area contributed by atoms with Gasteiger partial charge in [0.2, 0.25) is 0 Å². The molecule has 4 nitrogen and oxygen atoms in total. The number of nitrogens with zero attached hydrogens (tertiary/aromatic N) is 3. The highest BCUT2D eigenvalue weighted by Gasteiger charge is 2.26. The molecule has 0 spiro atoms. The van der Waals surface area contributed by atoms with Crippen molar-refractivity contribution >= 4 is 16.5 Å². The molecule has 0 amide bonds. The van der Waals surface area contributed by atoms with E-state index < -0.39 is 0 Å². The van der Waals surface area contributed by atoms with Crippen LogP contribution in [0.5, 0.6) is 0 Å². The van der Waals surface area contributed by atoms with Gasteiger partial charge in [0.25, 0.3) is 0 Å². The molecule has 1 aromatic carbocycles. The highest BCUT2D eigenvalue weighted by molar-refractivity contribution is 5.97. The number of aryl methyl sites for hydroxylation is 1. The van der Waals surface area contributed by atoms with Crippen LogP contribution < -0.4 is 5.73 Å². The minimum Gasteiger partial charge on any atom is -0.398 e. The Morgan fingerprint density at radius 1 is 1.20 bits per heavy atom. The molecule has 20 heavy (non-hydrogen) atoms. The van der Waals surface area contributed by atoms with Gasteiger partial charge in [-0.2, -0.15) is 5.10 Å². The lowest BCUT2D eigenvalue weighted by molar-refractivity contribution is 0.842. The van der Waals surface area contributed by atoms with Gasteiger partial charge in [-0.1, -0.05) is 0 Å². The summed E-state index contributed by atoms with van der Waals surface area (Å²) in [5, 5.41) is 6.79. The van der Waals surface area contributed by atoms with Gasteiger partial charge in [-0.25, -0.2) is 4.68 Å². The molecular weight excluding hydrogens is 248 g/mol. The van der Waals surface area contributed by atoms with Crippen LogP contribution in [-0.4, -0.2) is 14.8 Å². The van der Waals surface area contributed by atoms with Crippen LogP contribution in [0.1, 0.15) is 30.1 Å². The first-order valence-corrected chi connectivity index (χ1v) is 6.93. The van der Waals surface area contributed by atoms with Crippen LogP contribution in [0.25, 0.3) is 16.5 Å². The standard InChI is InChI=1S/C16H16N4/c1-10-8-12-13(9-18-10)14(17)4-5-16(12)20-7-6-15(19-20)11-2-3-11/h4-9,11H,2-3,17H2,1H3. The maximum absolute atomic E-state index is 6.05. The number of pyridine rings is 1. The Morgan fingerprint density at radius 2 is 2.05 bits per heavy atom. The summed E-state index contributed by atoms with van der Waals surface area (Å²) >= 11 is 0. The highest BCUT2D eigenvalue weighted by atomic mass is 15.3. The summed E-state index contributed by atoms with van der Waals surface area (Å²) in [5.41, 5.74) is 10.0. The van der Waals surface area contributed by atoms with Gasteiger partial charge in [-0.15, -0.1) is 0 Å². The minimum atomic E-state index is 0.666. The maximum atomic E-state index is 6.05. The van der Waals surface area contributed by atoms with Gasteiger partial charge in [0, 0.05) is 40.5 Å². The Kier molecular flexibility index (Phi) is 2.33. The van der Waals surface area contributed by atoms with Crippen molar-refractivity contribution < 1.29 is 0 Å². The zero-order valence-corrected chi connectivity index (χ0v) is 11.4. The molecule has 0 radical (unpaired) electrons. The highest BCUT2D eigenvalue weighted by Crippen LogP contribution is 2.39. The largest absolute Gasteiger partial charge is 0.398 e. The van der Waals surface area contributed by atoms with E-state index in [1.54, 1.807) is 0 Å². The summed E-state index contributed by atoms with van der Waals surface area (Å²) in [5.74, 6) is 0.666. The van der Waals surface area contributed by atoms with Crippen LogP contribution in [0, 0.1) is 6.92 Å². The lowest BCUT2D eigenvalue weighted by Crippen LogP contribution is -1.99. The number of aromatic nitrogens is 3. The summed E-state index contributed by atoms with van der Waals surface area (Å²) in [6.45, 7) is 1.99. The molecule has 1 saturated carbocycles. The quantitative estimate of drug-likeness (QED) is 0.723. The van der Waals surface area contributed by atoms with Gasteiger partial charge in [0.15, 0.2) is 0 Å². The fourth-order valence-electron chi connectivity index (χ4n) is 2.62. The predicted molar refractivity (Wildman–Crippen MR) is 80.0 cm³/mol. The summed E-state index contributed by atoms with van der Waals surface area (Å²) in [6, 6.07) is 8.14. The van der Waals surface area contributed by atoms with Crippen molar-refractivity contribution in [3.63, 3.8) is 0 Å². The first-order valence-electron chi connectivity index (χ1n) is 6.93. The summed E-state index contributed by atoms with van der Waals surface area (Å²) in [4.78, 5) is 4.34. The van der Waals surface area contributed by atoms with E-state index in [1.165, 1.54) is 18.5 Å². The second-order valence-electron chi connectivity index (χ2n) is 5.50. The van der Waals surface area contributed by atoms with Crippen LogP contribution in [0.15, 0.2) is 36.7 Å². The molecule has 3 aromatic rings. The molecule has 2 N–H and O–H groups in total. The third kappa shape index (κ3) is 1.76. The molecule has 0 aliphatic heterocycles. The molecule has 0 bridgehead atoms. The first kappa shape index (κ1) is 11.5. The normalized spacial score (nSPS) is 14.8. The maximum Gasteiger partial charge on any atom is 0.0726 e. The lowest BCUT2D eigenvalue weighted by atomic mass is 10.1. The van der Waals surface area contributed by atoms with Gasteiger partial charge < -0.3 is 5.73 Å². The SMILES string of the molecule is Cc1cc2c(-n3ccc(C4CC4)n3)ccc(N)c2cn1. The molecule has 0 unspecified atom stereocenters. The third-order valence-corrected chi connectivity index (χ3v) is 3.90. The van der Waals surface area contributed by atoms with E-state index in [9.17, 15) is 0 Å². The lowest BCUT2D eigenvalue weighted by Gasteiger charge is -2.09. The smallest absolute Gasteiger partial charge is 0.0726 e. The van der Waals surface area contributed by atoms with Crippen molar-refractivity contribution in [2.75, 3.05) is 5.73 Å². The number of nitrogen functional groups attached to an aromatic ring is 1. The topological polar surface area (TPSA) is 56.7 Å². The second-order valence-corrected chi connectivity index (χ2v) is 5.50. The number of nitrogens with two attached hydrogens (primary N) is 1. The van der Waals surface area contributed by atoms with Gasteiger partial charge in [-0.3, -0.25) is 4.98 Å².